The minimum absolute atomic E-state index is 0.0724. The lowest BCUT2D eigenvalue weighted by molar-refractivity contribution is 0.00129. The van der Waals surface area contributed by atoms with E-state index in [0.29, 0.717) is 21.6 Å². The van der Waals surface area contributed by atoms with Crippen LogP contribution in [-0.2, 0) is 4.84 Å². The topological polar surface area (TPSA) is 72.8 Å². The summed E-state index contributed by atoms with van der Waals surface area (Å²) in [6.45, 7) is 0. The fourth-order valence-corrected chi connectivity index (χ4v) is 4.56. The first-order valence-corrected chi connectivity index (χ1v) is 9.60. The van der Waals surface area contributed by atoms with Crippen LogP contribution < -0.4 is 0 Å². The van der Waals surface area contributed by atoms with E-state index in [1.165, 1.54) is 11.3 Å². The molecule has 2 heterocycles. The Morgan fingerprint density at radius 1 is 0.893 bits per heavy atom. The molecule has 0 saturated carbocycles. The average molecular weight is 387 g/mol. The molecule has 0 saturated heterocycles. The van der Waals surface area contributed by atoms with Crippen molar-refractivity contribution < 1.29 is 19.2 Å². The molecule has 1 spiro atoms. The minimum atomic E-state index is -1.87. The number of fused-ring (bicyclic) bond motifs is 1. The lowest BCUT2D eigenvalue weighted by atomic mass is 9.75. The Hall–Kier alpha value is -3.38. The van der Waals surface area contributed by atoms with Gasteiger partial charge < -0.3 is 4.84 Å². The zero-order chi connectivity index (χ0) is 19.3. The molecule has 1 aliphatic carbocycles. The normalized spacial score (nSPS) is 19.4. The highest BCUT2D eigenvalue weighted by Crippen LogP contribution is 2.47. The number of hydrogen-bond donors (Lipinski definition) is 0. The molecule has 1 atom stereocenters. The van der Waals surface area contributed by atoms with Crippen LogP contribution in [-0.4, -0.2) is 28.7 Å². The van der Waals surface area contributed by atoms with Crippen molar-refractivity contribution in [2.75, 3.05) is 0 Å². The molecular weight excluding hydrogens is 374 g/mol. The van der Waals surface area contributed by atoms with Crippen molar-refractivity contribution in [3.05, 3.63) is 93.7 Å². The van der Waals surface area contributed by atoms with Crippen LogP contribution in [0, 0.1) is 0 Å². The molecule has 28 heavy (non-hydrogen) atoms. The zero-order valence-corrected chi connectivity index (χ0v) is 15.3. The number of carbonyl (C=O) groups is 3. The molecule has 136 valence electrons. The second kappa shape index (κ2) is 6.07. The van der Waals surface area contributed by atoms with E-state index in [9.17, 15) is 14.4 Å². The fourth-order valence-electron chi connectivity index (χ4n) is 3.89. The Balaban J connectivity index is 1.69. The van der Waals surface area contributed by atoms with Gasteiger partial charge in [-0.3, -0.25) is 14.4 Å². The molecule has 1 aliphatic heterocycles. The van der Waals surface area contributed by atoms with Crippen LogP contribution in [0.3, 0.4) is 0 Å². The Kier molecular flexibility index (Phi) is 3.64. The summed E-state index contributed by atoms with van der Waals surface area (Å²) in [6.07, 6.45) is 0. The molecule has 0 amide bonds. The van der Waals surface area contributed by atoms with Gasteiger partial charge >= 0.3 is 0 Å². The van der Waals surface area contributed by atoms with Gasteiger partial charge in [-0.25, -0.2) is 0 Å². The van der Waals surface area contributed by atoms with Gasteiger partial charge in [0.15, 0.2) is 0 Å². The Morgan fingerprint density at radius 2 is 1.54 bits per heavy atom. The number of carbonyl (C=O) groups excluding carboxylic acids is 3. The van der Waals surface area contributed by atoms with Crippen LogP contribution in [0.4, 0.5) is 0 Å². The summed E-state index contributed by atoms with van der Waals surface area (Å²) in [5, 5.41) is 5.79. The summed E-state index contributed by atoms with van der Waals surface area (Å²) in [7, 11) is 0. The summed E-state index contributed by atoms with van der Waals surface area (Å²) in [4.78, 5) is 45.8. The SMILES string of the molecule is O=C(C1=NOC2(C(=O)c3ccccc3C2=O)C1c1ccccc1)c1cccs1. The number of oxime groups is 1. The van der Waals surface area contributed by atoms with Crippen molar-refractivity contribution in [2.45, 2.75) is 11.5 Å². The van der Waals surface area contributed by atoms with E-state index < -0.39 is 23.1 Å². The van der Waals surface area contributed by atoms with Gasteiger partial charge in [0.1, 0.15) is 5.71 Å². The van der Waals surface area contributed by atoms with Gasteiger partial charge in [0, 0.05) is 11.1 Å². The van der Waals surface area contributed by atoms with Gasteiger partial charge in [0.05, 0.1) is 10.8 Å². The molecule has 2 aromatic carbocycles. The van der Waals surface area contributed by atoms with E-state index in [2.05, 4.69) is 5.16 Å². The second-order valence-electron chi connectivity index (χ2n) is 6.66. The lowest BCUT2D eigenvalue weighted by Gasteiger charge is -2.26. The van der Waals surface area contributed by atoms with Crippen molar-refractivity contribution in [3.63, 3.8) is 0 Å². The molecule has 0 radical (unpaired) electrons. The monoisotopic (exact) mass is 387 g/mol. The van der Waals surface area contributed by atoms with Gasteiger partial charge in [-0.15, -0.1) is 11.3 Å². The highest BCUT2D eigenvalue weighted by molar-refractivity contribution is 7.13. The van der Waals surface area contributed by atoms with E-state index >= 15 is 0 Å². The minimum Gasteiger partial charge on any atom is -0.371 e. The third kappa shape index (κ3) is 2.12. The Labute approximate surface area is 164 Å². The molecular formula is C22H13NO4S. The first kappa shape index (κ1) is 16.8. The number of Topliss-reactive ketones (excluding diaryl/α,β-unsaturated/α-hetero) is 3. The van der Waals surface area contributed by atoms with Gasteiger partial charge in [0.2, 0.25) is 17.3 Å². The van der Waals surface area contributed by atoms with Crippen molar-refractivity contribution in [2.24, 2.45) is 5.16 Å². The maximum atomic E-state index is 13.3. The predicted molar refractivity (Wildman–Crippen MR) is 104 cm³/mol. The molecule has 3 aromatic rings. The Bertz CT molecular complexity index is 1110. The van der Waals surface area contributed by atoms with Crippen LogP contribution in [0.1, 0.15) is 41.9 Å². The van der Waals surface area contributed by atoms with Crippen LogP contribution in [0.25, 0.3) is 0 Å². The lowest BCUT2D eigenvalue weighted by Crippen LogP contribution is -2.48. The summed E-state index contributed by atoms with van der Waals surface area (Å²) in [6, 6.07) is 19.1. The fraction of sp³-hybridized carbons (Fsp3) is 0.0909. The standard InChI is InChI=1S/C22H13NO4S/c24-19(16-11-6-12-28-16)18-17(13-7-2-1-3-8-13)22(27-23-18)20(25)14-9-4-5-10-15(14)21(22)26/h1-12,17H. The molecule has 1 unspecified atom stereocenters. The number of rotatable bonds is 3. The molecule has 2 aliphatic rings. The van der Waals surface area contributed by atoms with Gasteiger partial charge in [0.25, 0.3) is 5.60 Å². The molecule has 0 bridgehead atoms. The maximum absolute atomic E-state index is 13.3. The number of hydrogen-bond acceptors (Lipinski definition) is 6. The molecule has 0 N–H and O–H groups in total. The predicted octanol–water partition coefficient (Wildman–Crippen LogP) is 3.92. The first-order valence-electron chi connectivity index (χ1n) is 8.72. The van der Waals surface area contributed by atoms with Crippen LogP contribution >= 0.6 is 11.3 Å². The largest absolute Gasteiger partial charge is 0.371 e. The smallest absolute Gasteiger partial charge is 0.274 e. The number of nitrogens with zero attached hydrogens (tertiary/aromatic N) is 1. The highest BCUT2D eigenvalue weighted by atomic mass is 32.1. The molecule has 5 rings (SSSR count). The first-order chi connectivity index (χ1) is 13.6. The van der Waals surface area contributed by atoms with Gasteiger partial charge in [-0.1, -0.05) is 65.8 Å². The quantitative estimate of drug-likeness (QED) is 0.504. The van der Waals surface area contributed by atoms with Crippen molar-refractivity contribution in [1.82, 2.24) is 0 Å². The van der Waals surface area contributed by atoms with E-state index in [-0.39, 0.29) is 11.5 Å². The van der Waals surface area contributed by atoms with Crippen molar-refractivity contribution in [1.29, 1.82) is 0 Å². The second-order valence-corrected chi connectivity index (χ2v) is 7.61. The number of ketones is 3. The molecule has 0 fully saturated rings. The van der Waals surface area contributed by atoms with Crippen LogP contribution in [0.15, 0.2) is 77.3 Å². The average Bonchev–Trinajstić information content (AvgIpc) is 3.45. The molecule has 1 aromatic heterocycles. The highest BCUT2D eigenvalue weighted by Gasteiger charge is 2.66. The summed E-state index contributed by atoms with van der Waals surface area (Å²) < 4.78 is 0. The Morgan fingerprint density at radius 3 is 2.14 bits per heavy atom. The summed E-state index contributed by atoms with van der Waals surface area (Å²) in [5.74, 6) is -2.16. The van der Waals surface area contributed by atoms with Crippen molar-refractivity contribution >= 4 is 34.4 Å². The number of thiophene rings is 1. The summed E-state index contributed by atoms with van der Waals surface area (Å²) >= 11 is 1.28. The van der Waals surface area contributed by atoms with Gasteiger partial charge in [-0.05, 0) is 17.0 Å². The zero-order valence-electron chi connectivity index (χ0n) is 14.5. The maximum Gasteiger partial charge on any atom is 0.274 e. The van der Waals surface area contributed by atoms with Crippen molar-refractivity contribution in [3.8, 4) is 0 Å². The summed E-state index contributed by atoms with van der Waals surface area (Å²) in [5.41, 5.74) is -0.559. The van der Waals surface area contributed by atoms with E-state index in [0.717, 1.165) is 0 Å². The van der Waals surface area contributed by atoms with E-state index in [1.807, 2.05) is 6.07 Å². The third-order valence-corrected chi connectivity index (χ3v) is 6.04. The van der Waals surface area contributed by atoms with Crippen LogP contribution in [0.5, 0.6) is 0 Å². The molecule has 6 heteroatoms. The van der Waals surface area contributed by atoms with Gasteiger partial charge in [-0.2, -0.15) is 0 Å². The van der Waals surface area contributed by atoms with E-state index in [1.54, 1.807) is 66.0 Å². The third-order valence-electron chi connectivity index (χ3n) is 5.17. The van der Waals surface area contributed by atoms with Crippen LogP contribution in [0.2, 0.25) is 0 Å². The number of benzene rings is 2. The molecule has 5 nitrogen and oxygen atoms in total. The van der Waals surface area contributed by atoms with E-state index in [4.69, 9.17) is 4.84 Å².